The van der Waals surface area contributed by atoms with Gasteiger partial charge < -0.3 is 10.4 Å². The van der Waals surface area contributed by atoms with Gasteiger partial charge in [-0.1, -0.05) is 32.0 Å². The molecule has 0 aliphatic heterocycles. The van der Waals surface area contributed by atoms with Crippen molar-refractivity contribution in [1.29, 1.82) is 0 Å². The standard InChI is InChI=1S/C12H17NO2S/c1-9(2)16-8-11(12(14)15)13-10-6-4-3-5-7-10/h3-7,9,11,13H,8H2,1-2H3,(H,14,15). The Kier molecular flexibility index (Phi) is 5.19. The molecule has 0 saturated carbocycles. The maximum Gasteiger partial charge on any atom is 0.326 e. The lowest BCUT2D eigenvalue weighted by molar-refractivity contribution is -0.137. The molecule has 0 bridgehead atoms. The second-order valence-corrected chi connectivity index (χ2v) is 5.39. The van der Waals surface area contributed by atoms with Crippen molar-refractivity contribution in [2.24, 2.45) is 0 Å². The fraction of sp³-hybridized carbons (Fsp3) is 0.417. The zero-order valence-electron chi connectivity index (χ0n) is 9.51. The fourth-order valence-corrected chi connectivity index (χ4v) is 2.00. The van der Waals surface area contributed by atoms with Crippen LogP contribution in [0.3, 0.4) is 0 Å². The minimum Gasteiger partial charge on any atom is -0.480 e. The summed E-state index contributed by atoms with van der Waals surface area (Å²) in [6.45, 7) is 4.12. The second-order valence-electron chi connectivity index (χ2n) is 3.78. The fourth-order valence-electron chi connectivity index (χ4n) is 1.20. The summed E-state index contributed by atoms with van der Waals surface area (Å²) in [5.41, 5.74) is 0.847. The van der Waals surface area contributed by atoms with E-state index < -0.39 is 12.0 Å². The molecule has 0 saturated heterocycles. The first-order valence-electron chi connectivity index (χ1n) is 5.25. The molecular formula is C12H17NO2S. The summed E-state index contributed by atoms with van der Waals surface area (Å²) in [6.07, 6.45) is 0. The number of carboxylic acid groups (broad SMARTS) is 1. The topological polar surface area (TPSA) is 49.3 Å². The van der Waals surface area contributed by atoms with Crippen molar-refractivity contribution < 1.29 is 9.90 Å². The van der Waals surface area contributed by atoms with Gasteiger partial charge in [0.05, 0.1) is 0 Å². The van der Waals surface area contributed by atoms with Gasteiger partial charge in [-0.3, -0.25) is 0 Å². The molecule has 1 aromatic carbocycles. The number of carboxylic acids is 1. The highest BCUT2D eigenvalue weighted by Gasteiger charge is 2.17. The lowest BCUT2D eigenvalue weighted by atomic mass is 10.2. The summed E-state index contributed by atoms with van der Waals surface area (Å²) in [5.74, 6) is -0.237. The third-order valence-electron chi connectivity index (χ3n) is 2.01. The summed E-state index contributed by atoms with van der Waals surface area (Å²) in [7, 11) is 0. The van der Waals surface area contributed by atoms with Gasteiger partial charge in [0.25, 0.3) is 0 Å². The first-order valence-corrected chi connectivity index (χ1v) is 6.30. The number of para-hydroxylation sites is 1. The van der Waals surface area contributed by atoms with Crippen LogP contribution in [-0.4, -0.2) is 28.1 Å². The lowest BCUT2D eigenvalue weighted by Crippen LogP contribution is -2.32. The molecule has 1 aromatic rings. The summed E-state index contributed by atoms with van der Waals surface area (Å²) < 4.78 is 0. The van der Waals surface area contributed by atoms with E-state index in [0.717, 1.165) is 5.69 Å². The predicted molar refractivity (Wildman–Crippen MR) is 69.1 cm³/mol. The number of thioether (sulfide) groups is 1. The number of benzene rings is 1. The van der Waals surface area contributed by atoms with E-state index in [0.29, 0.717) is 11.0 Å². The molecule has 4 heteroatoms. The van der Waals surface area contributed by atoms with Crippen LogP contribution in [0, 0.1) is 0 Å². The number of anilines is 1. The van der Waals surface area contributed by atoms with Gasteiger partial charge in [0.15, 0.2) is 0 Å². The highest BCUT2D eigenvalue weighted by atomic mass is 32.2. The number of nitrogens with one attached hydrogen (secondary N) is 1. The van der Waals surface area contributed by atoms with Crippen molar-refractivity contribution in [3.63, 3.8) is 0 Å². The number of hydrogen-bond acceptors (Lipinski definition) is 3. The summed E-state index contributed by atoms with van der Waals surface area (Å²) in [5, 5.41) is 12.5. The first-order chi connectivity index (χ1) is 7.59. The molecule has 0 spiro atoms. The molecule has 3 nitrogen and oxygen atoms in total. The maximum atomic E-state index is 11.0. The molecule has 1 unspecified atom stereocenters. The minimum atomic E-state index is -0.808. The van der Waals surface area contributed by atoms with E-state index in [4.69, 9.17) is 5.11 Å². The van der Waals surface area contributed by atoms with Crippen LogP contribution in [0.5, 0.6) is 0 Å². The van der Waals surface area contributed by atoms with Gasteiger partial charge >= 0.3 is 5.97 Å². The van der Waals surface area contributed by atoms with Crippen molar-refractivity contribution in [1.82, 2.24) is 0 Å². The Bertz CT molecular complexity index is 327. The number of rotatable bonds is 6. The predicted octanol–water partition coefficient (Wildman–Crippen LogP) is 2.69. The van der Waals surface area contributed by atoms with Crippen LogP contribution in [0.1, 0.15) is 13.8 Å². The second kappa shape index (κ2) is 6.43. The highest BCUT2D eigenvalue weighted by molar-refractivity contribution is 7.99. The number of hydrogen-bond donors (Lipinski definition) is 2. The molecule has 2 N–H and O–H groups in total. The monoisotopic (exact) mass is 239 g/mol. The molecule has 0 radical (unpaired) electrons. The molecule has 1 rings (SSSR count). The van der Waals surface area contributed by atoms with Crippen LogP contribution in [0.25, 0.3) is 0 Å². The van der Waals surface area contributed by atoms with Gasteiger partial charge in [0.1, 0.15) is 6.04 Å². The van der Waals surface area contributed by atoms with Crippen molar-refractivity contribution in [3.05, 3.63) is 30.3 Å². The largest absolute Gasteiger partial charge is 0.480 e. The quantitative estimate of drug-likeness (QED) is 0.801. The molecule has 0 aliphatic rings. The number of carbonyl (C=O) groups is 1. The van der Waals surface area contributed by atoms with Gasteiger partial charge in [-0.25, -0.2) is 4.79 Å². The Morgan fingerprint density at radius 1 is 1.38 bits per heavy atom. The minimum absolute atomic E-state index is 0.444. The van der Waals surface area contributed by atoms with Crippen molar-refractivity contribution in [2.45, 2.75) is 25.1 Å². The van der Waals surface area contributed by atoms with E-state index in [9.17, 15) is 4.79 Å². The maximum absolute atomic E-state index is 11.0. The Morgan fingerprint density at radius 2 is 2.00 bits per heavy atom. The van der Waals surface area contributed by atoms with Gasteiger partial charge in [-0.05, 0) is 17.4 Å². The Balaban J connectivity index is 2.55. The molecule has 0 fully saturated rings. The zero-order valence-corrected chi connectivity index (χ0v) is 10.3. The van der Waals surface area contributed by atoms with Crippen LogP contribution in [0.15, 0.2) is 30.3 Å². The van der Waals surface area contributed by atoms with Gasteiger partial charge in [0.2, 0.25) is 0 Å². The summed E-state index contributed by atoms with van der Waals surface area (Å²) >= 11 is 1.64. The van der Waals surface area contributed by atoms with E-state index in [1.54, 1.807) is 11.8 Å². The Hall–Kier alpha value is -1.16. The van der Waals surface area contributed by atoms with Crippen LogP contribution < -0.4 is 5.32 Å². The molecule has 0 aliphatic carbocycles. The molecular weight excluding hydrogens is 222 g/mol. The average molecular weight is 239 g/mol. The average Bonchev–Trinajstić information content (AvgIpc) is 2.25. The van der Waals surface area contributed by atoms with E-state index in [-0.39, 0.29) is 0 Å². The van der Waals surface area contributed by atoms with Crippen LogP contribution in [0.4, 0.5) is 5.69 Å². The van der Waals surface area contributed by atoms with E-state index >= 15 is 0 Å². The van der Waals surface area contributed by atoms with Crippen LogP contribution >= 0.6 is 11.8 Å². The molecule has 1 atom stereocenters. The smallest absolute Gasteiger partial charge is 0.326 e. The third-order valence-corrected chi connectivity index (χ3v) is 3.20. The molecule has 0 aromatic heterocycles. The van der Waals surface area contributed by atoms with E-state index in [1.165, 1.54) is 0 Å². The van der Waals surface area contributed by atoms with E-state index in [1.807, 2.05) is 30.3 Å². The Morgan fingerprint density at radius 3 is 2.50 bits per heavy atom. The SMILES string of the molecule is CC(C)SCC(Nc1ccccc1)C(=O)O. The molecule has 0 heterocycles. The molecule has 88 valence electrons. The van der Waals surface area contributed by atoms with E-state index in [2.05, 4.69) is 19.2 Å². The summed E-state index contributed by atoms with van der Waals surface area (Å²) in [6, 6.07) is 8.89. The molecule has 16 heavy (non-hydrogen) atoms. The first kappa shape index (κ1) is 12.9. The van der Waals surface area contributed by atoms with Gasteiger partial charge in [0, 0.05) is 11.4 Å². The lowest BCUT2D eigenvalue weighted by Gasteiger charge is -2.16. The van der Waals surface area contributed by atoms with Gasteiger partial charge in [-0.2, -0.15) is 11.8 Å². The third kappa shape index (κ3) is 4.57. The highest BCUT2D eigenvalue weighted by Crippen LogP contribution is 2.14. The van der Waals surface area contributed by atoms with Crippen LogP contribution in [0.2, 0.25) is 0 Å². The van der Waals surface area contributed by atoms with Crippen molar-refractivity contribution >= 4 is 23.4 Å². The van der Waals surface area contributed by atoms with Crippen molar-refractivity contribution in [2.75, 3.05) is 11.1 Å². The van der Waals surface area contributed by atoms with Crippen molar-refractivity contribution in [3.8, 4) is 0 Å². The van der Waals surface area contributed by atoms with Gasteiger partial charge in [-0.15, -0.1) is 0 Å². The molecule has 0 amide bonds. The normalized spacial score (nSPS) is 12.4. The van der Waals surface area contributed by atoms with Crippen LogP contribution in [-0.2, 0) is 4.79 Å². The number of aliphatic carboxylic acids is 1. The Labute approximate surface area is 100 Å². The summed E-state index contributed by atoms with van der Waals surface area (Å²) in [4.78, 5) is 11.0. The zero-order chi connectivity index (χ0) is 12.0.